The first-order valence-electron chi connectivity index (χ1n) is 7.19. The van der Waals surface area contributed by atoms with Gasteiger partial charge in [-0.05, 0) is 49.8 Å². The molecule has 2 fully saturated rings. The third kappa shape index (κ3) is 2.28. The minimum Gasteiger partial charge on any atom is -0.365 e. The van der Waals surface area contributed by atoms with Gasteiger partial charge in [-0.2, -0.15) is 13.2 Å². The maximum Gasteiger partial charge on any atom is 0.418 e. The molecule has 5 heteroatoms. The van der Waals surface area contributed by atoms with E-state index in [9.17, 15) is 13.2 Å². The van der Waals surface area contributed by atoms with E-state index in [4.69, 9.17) is 5.73 Å². The minimum atomic E-state index is -4.32. The van der Waals surface area contributed by atoms with Crippen LogP contribution in [0, 0.1) is 0 Å². The number of nitrogens with zero attached hydrogens (tertiary/aromatic N) is 1. The Kier molecular flexibility index (Phi) is 3.40. The molecule has 0 radical (unpaired) electrons. The lowest BCUT2D eigenvalue weighted by molar-refractivity contribution is -0.137. The number of alkyl halides is 3. The summed E-state index contributed by atoms with van der Waals surface area (Å²) in [7, 11) is 0. The summed E-state index contributed by atoms with van der Waals surface area (Å²) in [5.74, 6) is 0. The van der Waals surface area contributed by atoms with Crippen molar-refractivity contribution < 1.29 is 13.2 Å². The SMILES string of the molecule is NCc1ccc(N2C3CCCC2CC3)c(C(F)(F)F)c1. The Labute approximate surface area is 116 Å². The normalized spacial score (nSPS) is 26.1. The molecule has 1 aromatic rings. The van der Waals surface area contributed by atoms with Crippen LogP contribution in [0.25, 0.3) is 0 Å². The number of hydrogen-bond donors (Lipinski definition) is 1. The fourth-order valence-electron chi connectivity index (χ4n) is 3.67. The van der Waals surface area contributed by atoms with Crippen molar-refractivity contribution in [2.24, 2.45) is 5.73 Å². The van der Waals surface area contributed by atoms with E-state index in [0.717, 1.165) is 32.1 Å². The second-order valence-corrected chi connectivity index (χ2v) is 5.78. The molecule has 2 aliphatic rings. The molecule has 2 N–H and O–H groups in total. The first kappa shape index (κ1) is 13.7. The number of anilines is 1. The van der Waals surface area contributed by atoms with Gasteiger partial charge in [-0.25, -0.2) is 0 Å². The second kappa shape index (κ2) is 4.95. The summed E-state index contributed by atoms with van der Waals surface area (Å²) >= 11 is 0. The Hall–Kier alpha value is -1.23. The van der Waals surface area contributed by atoms with Gasteiger partial charge in [-0.15, -0.1) is 0 Å². The van der Waals surface area contributed by atoms with E-state index in [1.807, 2.05) is 4.90 Å². The lowest BCUT2D eigenvalue weighted by atomic mass is 9.99. The van der Waals surface area contributed by atoms with Crippen molar-refractivity contribution >= 4 is 5.69 Å². The van der Waals surface area contributed by atoms with Gasteiger partial charge in [0.2, 0.25) is 0 Å². The second-order valence-electron chi connectivity index (χ2n) is 5.78. The van der Waals surface area contributed by atoms with E-state index >= 15 is 0 Å². The molecule has 3 rings (SSSR count). The standard InChI is InChI=1S/C15H19F3N2/c16-15(17,18)13-8-10(9-19)4-7-14(13)20-11-2-1-3-12(20)6-5-11/h4,7-8,11-12H,1-3,5-6,9,19H2. The Balaban J connectivity index is 2.05. The molecular formula is C15H19F3N2. The molecule has 0 spiro atoms. The number of hydrogen-bond acceptors (Lipinski definition) is 2. The van der Waals surface area contributed by atoms with Crippen molar-refractivity contribution in [2.75, 3.05) is 4.90 Å². The number of benzene rings is 1. The Morgan fingerprint density at radius 3 is 2.30 bits per heavy atom. The lowest BCUT2D eigenvalue weighted by Gasteiger charge is -2.38. The van der Waals surface area contributed by atoms with Crippen LogP contribution < -0.4 is 10.6 Å². The Morgan fingerprint density at radius 1 is 1.10 bits per heavy atom. The summed E-state index contributed by atoms with van der Waals surface area (Å²) in [4.78, 5) is 2.02. The van der Waals surface area contributed by atoms with Crippen molar-refractivity contribution in [2.45, 2.75) is 56.9 Å². The van der Waals surface area contributed by atoms with Gasteiger partial charge < -0.3 is 10.6 Å². The molecule has 2 nitrogen and oxygen atoms in total. The zero-order valence-corrected chi connectivity index (χ0v) is 11.3. The topological polar surface area (TPSA) is 29.3 Å². The lowest BCUT2D eigenvalue weighted by Crippen LogP contribution is -2.40. The van der Waals surface area contributed by atoms with Crippen LogP contribution in [0.15, 0.2) is 18.2 Å². The van der Waals surface area contributed by atoms with Crippen molar-refractivity contribution in [1.82, 2.24) is 0 Å². The number of nitrogens with two attached hydrogens (primary N) is 1. The zero-order chi connectivity index (χ0) is 14.3. The predicted octanol–water partition coefficient (Wildman–Crippen LogP) is 3.69. The van der Waals surface area contributed by atoms with Gasteiger partial charge in [0.15, 0.2) is 0 Å². The summed E-state index contributed by atoms with van der Waals surface area (Å²) in [5.41, 5.74) is 5.83. The van der Waals surface area contributed by atoms with Crippen molar-refractivity contribution in [3.05, 3.63) is 29.3 Å². The molecule has 2 bridgehead atoms. The molecule has 2 heterocycles. The Morgan fingerprint density at radius 2 is 1.75 bits per heavy atom. The summed E-state index contributed by atoms with van der Waals surface area (Å²) in [5, 5.41) is 0. The molecule has 1 aromatic carbocycles. The van der Waals surface area contributed by atoms with Crippen LogP contribution in [0.5, 0.6) is 0 Å². The van der Waals surface area contributed by atoms with Crippen LogP contribution in [0.1, 0.15) is 43.2 Å². The van der Waals surface area contributed by atoms with E-state index in [2.05, 4.69) is 0 Å². The van der Waals surface area contributed by atoms with E-state index in [1.54, 1.807) is 12.1 Å². The van der Waals surface area contributed by atoms with E-state index in [1.165, 1.54) is 6.07 Å². The molecule has 2 unspecified atom stereocenters. The molecule has 0 saturated carbocycles. The molecule has 110 valence electrons. The zero-order valence-electron chi connectivity index (χ0n) is 11.3. The Bertz CT molecular complexity index is 482. The number of fused-ring (bicyclic) bond motifs is 2. The highest BCUT2D eigenvalue weighted by Gasteiger charge is 2.42. The van der Waals surface area contributed by atoms with Crippen LogP contribution in [-0.4, -0.2) is 12.1 Å². The largest absolute Gasteiger partial charge is 0.418 e. The van der Waals surface area contributed by atoms with E-state index in [-0.39, 0.29) is 18.6 Å². The fraction of sp³-hybridized carbons (Fsp3) is 0.600. The predicted molar refractivity (Wildman–Crippen MR) is 72.5 cm³/mol. The quantitative estimate of drug-likeness (QED) is 0.897. The van der Waals surface area contributed by atoms with Gasteiger partial charge in [0, 0.05) is 24.3 Å². The molecule has 2 atom stereocenters. The third-order valence-corrected chi connectivity index (χ3v) is 4.57. The molecule has 0 aromatic heterocycles. The monoisotopic (exact) mass is 284 g/mol. The van der Waals surface area contributed by atoms with Crippen LogP contribution in [-0.2, 0) is 12.7 Å². The minimum absolute atomic E-state index is 0.135. The molecule has 2 aliphatic heterocycles. The highest BCUT2D eigenvalue weighted by atomic mass is 19.4. The third-order valence-electron chi connectivity index (χ3n) is 4.57. The van der Waals surface area contributed by atoms with Gasteiger partial charge >= 0.3 is 6.18 Å². The maximum absolute atomic E-state index is 13.3. The van der Waals surface area contributed by atoms with E-state index < -0.39 is 11.7 Å². The number of piperidine rings is 1. The molecule has 2 saturated heterocycles. The van der Waals surface area contributed by atoms with Crippen LogP contribution in [0.4, 0.5) is 18.9 Å². The van der Waals surface area contributed by atoms with Crippen LogP contribution in [0.2, 0.25) is 0 Å². The van der Waals surface area contributed by atoms with Crippen LogP contribution in [0.3, 0.4) is 0 Å². The number of rotatable bonds is 2. The van der Waals surface area contributed by atoms with Gasteiger partial charge in [0.25, 0.3) is 0 Å². The summed E-state index contributed by atoms with van der Waals surface area (Å²) in [6.07, 6.45) is 0.853. The fourth-order valence-corrected chi connectivity index (χ4v) is 3.67. The highest BCUT2D eigenvalue weighted by molar-refractivity contribution is 5.59. The van der Waals surface area contributed by atoms with Crippen LogP contribution >= 0.6 is 0 Å². The molecule has 0 aliphatic carbocycles. The van der Waals surface area contributed by atoms with E-state index in [0.29, 0.717) is 11.3 Å². The molecule has 20 heavy (non-hydrogen) atoms. The summed E-state index contributed by atoms with van der Waals surface area (Å²) in [6.45, 7) is 0.135. The summed E-state index contributed by atoms with van der Waals surface area (Å²) < 4.78 is 40.0. The first-order chi connectivity index (χ1) is 9.50. The van der Waals surface area contributed by atoms with Crippen molar-refractivity contribution in [3.8, 4) is 0 Å². The van der Waals surface area contributed by atoms with Gasteiger partial charge in [-0.3, -0.25) is 0 Å². The average Bonchev–Trinajstić information content (AvgIpc) is 2.66. The van der Waals surface area contributed by atoms with Crippen molar-refractivity contribution in [3.63, 3.8) is 0 Å². The first-order valence-corrected chi connectivity index (χ1v) is 7.19. The maximum atomic E-state index is 13.3. The van der Waals surface area contributed by atoms with Gasteiger partial charge in [0.05, 0.1) is 5.56 Å². The molecule has 0 amide bonds. The summed E-state index contributed by atoms with van der Waals surface area (Å²) in [6, 6.07) is 5.10. The molecular weight excluding hydrogens is 265 g/mol. The number of halogens is 3. The van der Waals surface area contributed by atoms with Gasteiger partial charge in [0.1, 0.15) is 0 Å². The van der Waals surface area contributed by atoms with Crippen molar-refractivity contribution in [1.29, 1.82) is 0 Å². The highest BCUT2D eigenvalue weighted by Crippen LogP contribution is 2.44. The van der Waals surface area contributed by atoms with Gasteiger partial charge in [-0.1, -0.05) is 6.07 Å². The smallest absolute Gasteiger partial charge is 0.365 e. The average molecular weight is 284 g/mol.